The summed E-state index contributed by atoms with van der Waals surface area (Å²) >= 11 is 5.90. The first-order chi connectivity index (χ1) is 12.0. The molecule has 0 spiro atoms. The highest BCUT2D eigenvalue weighted by molar-refractivity contribution is 6.30. The maximum Gasteiger partial charge on any atom is 0.242 e. The third kappa shape index (κ3) is 3.57. The number of hydrogen-bond acceptors (Lipinski definition) is 5. The highest BCUT2D eigenvalue weighted by Crippen LogP contribution is 2.23. The number of benzene rings is 1. The van der Waals surface area contributed by atoms with Crippen LogP contribution in [0.5, 0.6) is 0 Å². The molecule has 0 atom stereocenters. The molecule has 2 aromatic rings. The number of rotatable bonds is 3. The molecule has 1 aliphatic rings. The van der Waals surface area contributed by atoms with Gasteiger partial charge in [0.15, 0.2) is 5.82 Å². The zero-order chi connectivity index (χ0) is 18.0. The molecule has 0 radical (unpaired) electrons. The Labute approximate surface area is 151 Å². The molecule has 1 aliphatic heterocycles. The number of piperazine rings is 1. The first-order valence-electron chi connectivity index (χ1n) is 8.00. The average molecular weight is 356 g/mol. The fraction of sp³-hybridized carbons (Fsp3) is 0.333. The monoisotopic (exact) mass is 355 g/mol. The van der Waals surface area contributed by atoms with E-state index in [1.54, 1.807) is 4.90 Å². The van der Waals surface area contributed by atoms with Crippen LogP contribution in [0.3, 0.4) is 0 Å². The lowest BCUT2D eigenvalue weighted by Crippen LogP contribution is -2.50. The van der Waals surface area contributed by atoms with Crippen molar-refractivity contribution in [2.45, 2.75) is 20.4 Å². The van der Waals surface area contributed by atoms with Gasteiger partial charge in [-0.1, -0.05) is 23.7 Å². The normalized spacial score (nSPS) is 14.6. The van der Waals surface area contributed by atoms with Crippen molar-refractivity contribution in [1.29, 1.82) is 5.26 Å². The molecule has 1 amide bonds. The molecular formula is C18H18ClN5O. The van der Waals surface area contributed by atoms with E-state index in [0.29, 0.717) is 36.0 Å². The Balaban J connectivity index is 1.74. The first kappa shape index (κ1) is 17.2. The summed E-state index contributed by atoms with van der Waals surface area (Å²) in [5.41, 5.74) is 3.07. The van der Waals surface area contributed by atoms with E-state index in [0.717, 1.165) is 16.8 Å². The molecule has 1 saturated heterocycles. The number of aryl methyl sites for hydroxylation is 1. The van der Waals surface area contributed by atoms with Crippen molar-refractivity contribution in [2.24, 2.45) is 0 Å². The Hall–Kier alpha value is -2.65. The van der Waals surface area contributed by atoms with Crippen LogP contribution >= 0.6 is 11.6 Å². The second-order valence-electron chi connectivity index (χ2n) is 6.08. The van der Waals surface area contributed by atoms with Crippen LogP contribution in [0.1, 0.15) is 22.4 Å². The van der Waals surface area contributed by atoms with E-state index in [1.807, 2.05) is 43.0 Å². The van der Waals surface area contributed by atoms with Crippen molar-refractivity contribution in [2.75, 3.05) is 24.5 Å². The minimum absolute atomic E-state index is 0.00474. The van der Waals surface area contributed by atoms with Crippen LogP contribution in [0.4, 0.5) is 5.82 Å². The molecule has 0 saturated carbocycles. The fourth-order valence-electron chi connectivity index (χ4n) is 2.82. The number of halogens is 1. The van der Waals surface area contributed by atoms with Crippen LogP contribution in [-0.4, -0.2) is 40.6 Å². The molecule has 0 aliphatic carbocycles. The van der Waals surface area contributed by atoms with Gasteiger partial charge in [0.05, 0.1) is 12.2 Å². The molecule has 6 nitrogen and oxygen atoms in total. The minimum atomic E-state index is 0.00474. The lowest BCUT2D eigenvalue weighted by Gasteiger charge is -2.35. The van der Waals surface area contributed by atoms with E-state index in [4.69, 9.17) is 11.6 Å². The molecule has 0 N–H and O–H groups in total. The molecule has 1 aromatic carbocycles. The molecule has 0 bridgehead atoms. The predicted octanol–water partition coefficient (Wildman–Crippen LogP) is 2.47. The predicted molar refractivity (Wildman–Crippen MR) is 95.3 cm³/mol. The van der Waals surface area contributed by atoms with Gasteiger partial charge in [0.25, 0.3) is 0 Å². The molecule has 0 unspecified atom stereocenters. The van der Waals surface area contributed by atoms with Gasteiger partial charge in [-0.2, -0.15) is 10.4 Å². The number of amides is 1. The summed E-state index contributed by atoms with van der Waals surface area (Å²) < 4.78 is 0. The maximum atomic E-state index is 12.5. The van der Waals surface area contributed by atoms with Crippen LogP contribution in [0.25, 0.3) is 0 Å². The summed E-state index contributed by atoms with van der Waals surface area (Å²) in [6, 6.07) is 9.68. The first-order valence-corrected chi connectivity index (χ1v) is 8.38. The van der Waals surface area contributed by atoms with Crippen molar-refractivity contribution in [1.82, 2.24) is 15.1 Å². The second kappa shape index (κ2) is 7.08. The van der Waals surface area contributed by atoms with Gasteiger partial charge in [0.2, 0.25) is 5.91 Å². The van der Waals surface area contributed by atoms with Gasteiger partial charge in [-0.15, -0.1) is 5.10 Å². The lowest BCUT2D eigenvalue weighted by molar-refractivity contribution is -0.131. The topological polar surface area (TPSA) is 73.1 Å². The number of nitriles is 1. The van der Waals surface area contributed by atoms with Crippen molar-refractivity contribution in [3.8, 4) is 6.07 Å². The summed E-state index contributed by atoms with van der Waals surface area (Å²) in [7, 11) is 0. The van der Waals surface area contributed by atoms with E-state index in [2.05, 4.69) is 16.3 Å². The summed E-state index contributed by atoms with van der Waals surface area (Å²) in [6.07, 6.45) is 0. The molecule has 1 fully saturated rings. The zero-order valence-electron chi connectivity index (χ0n) is 14.2. The molecular weight excluding hydrogens is 338 g/mol. The Morgan fingerprint density at radius 3 is 2.56 bits per heavy atom. The minimum Gasteiger partial charge on any atom is -0.343 e. The highest BCUT2D eigenvalue weighted by Gasteiger charge is 2.27. The van der Waals surface area contributed by atoms with Gasteiger partial charge in [-0.05, 0) is 37.1 Å². The molecule has 2 heterocycles. The third-order valence-corrected chi connectivity index (χ3v) is 4.70. The smallest absolute Gasteiger partial charge is 0.242 e. The van der Waals surface area contributed by atoms with Crippen LogP contribution in [0.15, 0.2) is 24.3 Å². The molecule has 25 heavy (non-hydrogen) atoms. The number of carbonyl (C=O) groups excluding carboxylic acids is 1. The summed E-state index contributed by atoms with van der Waals surface area (Å²) in [5, 5.41) is 18.4. The Kier molecular flexibility index (Phi) is 4.86. The summed E-state index contributed by atoms with van der Waals surface area (Å²) in [6.45, 7) is 5.60. The largest absolute Gasteiger partial charge is 0.343 e. The number of hydrogen-bond donors (Lipinski definition) is 0. The van der Waals surface area contributed by atoms with Crippen molar-refractivity contribution in [3.63, 3.8) is 0 Å². The van der Waals surface area contributed by atoms with Crippen molar-refractivity contribution >= 4 is 23.3 Å². The van der Waals surface area contributed by atoms with E-state index in [1.165, 1.54) is 0 Å². The summed E-state index contributed by atoms with van der Waals surface area (Å²) in [4.78, 5) is 16.2. The van der Waals surface area contributed by atoms with Crippen LogP contribution in [-0.2, 0) is 11.3 Å². The summed E-state index contributed by atoms with van der Waals surface area (Å²) in [5.74, 6) is 0.496. The average Bonchev–Trinajstić information content (AvgIpc) is 2.61. The molecule has 7 heteroatoms. The Morgan fingerprint density at radius 2 is 1.92 bits per heavy atom. The number of aromatic nitrogens is 2. The van der Waals surface area contributed by atoms with Crippen LogP contribution < -0.4 is 4.90 Å². The van der Waals surface area contributed by atoms with Crippen molar-refractivity contribution in [3.05, 3.63) is 51.7 Å². The second-order valence-corrected chi connectivity index (χ2v) is 6.52. The Morgan fingerprint density at radius 1 is 1.20 bits per heavy atom. The van der Waals surface area contributed by atoms with Gasteiger partial charge in [0, 0.05) is 24.7 Å². The number of anilines is 1. The number of carbonyl (C=O) groups is 1. The Bertz CT molecular complexity index is 844. The van der Waals surface area contributed by atoms with E-state index in [-0.39, 0.29) is 12.5 Å². The van der Waals surface area contributed by atoms with Gasteiger partial charge in [-0.25, -0.2) is 0 Å². The SMILES string of the molecule is Cc1nnc(N2CCN(Cc3ccc(Cl)cc3)C(=O)C2)c(C#N)c1C. The van der Waals surface area contributed by atoms with Gasteiger partial charge >= 0.3 is 0 Å². The maximum absolute atomic E-state index is 12.5. The molecule has 128 valence electrons. The van der Waals surface area contributed by atoms with E-state index >= 15 is 0 Å². The van der Waals surface area contributed by atoms with Gasteiger partial charge < -0.3 is 9.80 Å². The van der Waals surface area contributed by atoms with Crippen LogP contribution in [0.2, 0.25) is 5.02 Å². The zero-order valence-corrected chi connectivity index (χ0v) is 14.9. The van der Waals surface area contributed by atoms with Gasteiger partial charge in [0.1, 0.15) is 11.6 Å². The lowest BCUT2D eigenvalue weighted by atomic mass is 10.1. The van der Waals surface area contributed by atoms with Gasteiger partial charge in [-0.3, -0.25) is 4.79 Å². The third-order valence-electron chi connectivity index (χ3n) is 4.45. The number of nitrogens with zero attached hydrogens (tertiary/aromatic N) is 5. The molecule has 1 aromatic heterocycles. The van der Waals surface area contributed by atoms with Crippen LogP contribution in [0, 0.1) is 25.2 Å². The fourth-order valence-corrected chi connectivity index (χ4v) is 2.94. The quantitative estimate of drug-likeness (QED) is 0.845. The van der Waals surface area contributed by atoms with Crippen molar-refractivity contribution < 1.29 is 4.79 Å². The molecule has 3 rings (SSSR count). The highest BCUT2D eigenvalue weighted by atomic mass is 35.5. The standard InChI is InChI=1S/C18H18ClN5O/c1-12-13(2)21-22-18(16(12)9-20)24-8-7-23(17(25)11-24)10-14-3-5-15(19)6-4-14/h3-6H,7-8,10-11H2,1-2H3. The van der Waals surface area contributed by atoms with E-state index < -0.39 is 0 Å². The van der Waals surface area contributed by atoms with E-state index in [9.17, 15) is 10.1 Å².